The van der Waals surface area contributed by atoms with Crippen LogP contribution in [-0.2, 0) is 4.74 Å². The number of rotatable bonds is 2. The van der Waals surface area contributed by atoms with E-state index in [0.29, 0.717) is 0 Å². The van der Waals surface area contributed by atoms with Gasteiger partial charge in [0, 0.05) is 0 Å². The molecule has 5 heteroatoms. The third kappa shape index (κ3) is 3.92. The molecule has 72 valence electrons. The van der Waals surface area contributed by atoms with Crippen molar-refractivity contribution >= 4 is 0 Å². The second kappa shape index (κ2) is 4.09. The Kier molecular flexibility index (Phi) is 3.34. The molecule has 0 amide bonds. The van der Waals surface area contributed by atoms with Gasteiger partial charge in [-0.15, -0.1) is 13.2 Å². The van der Waals surface area contributed by atoms with Gasteiger partial charge in [0.1, 0.15) is 0 Å². The summed E-state index contributed by atoms with van der Waals surface area (Å²) in [5.41, 5.74) is 0. The molecule has 1 rings (SSSR count). The van der Waals surface area contributed by atoms with Crippen LogP contribution in [0.2, 0.25) is 0 Å². The maximum Gasteiger partial charge on any atom is 0.522 e. The molecular weight excluding hydrogens is 171 g/mol. The molecule has 1 aliphatic heterocycles. The molecule has 0 radical (unpaired) electrons. The number of halogens is 3. The van der Waals surface area contributed by atoms with E-state index < -0.39 is 6.36 Å². The molecule has 1 aliphatic rings. The number of piperidine rings is 1. The highest BCUT2D eigenvalue weighted by molar-refractivity contribution is 4.67. The fourth-order valence-electron chi connectivity index (χ4n) is 1.26. The van der Waals surface area contributed by atoms with Crippen molar-refractivity contribution in [2.45, 2.75) is 19.2 Å². The van der Waals surface area contributed by atoms with E-state index in [9.17, 15) is 13.2 Å². The van der Waals surface area contributed by atoms with E-state index in [4.69, 9.17) is 0 Å². The molecule has 2 nitrogen and oxygen atoms in total. The van der Waals surface area contributed by atoms with Gasteiger partial charge in [0.25, 0.3) is 0 Å². The Hall–Kier alpha value is -0.290. The van der Waals surface area contributed by atoms with Crippen LogP contribution in [0.5, 0.6) is 0 Å². The smallest absolute Gasteiger partial charge is 0.317 e. The van der Waals surface area contributed by atoms with Gasteiger partial charge < -0.3 is 5.32 Å². The second-order valence-electron chi connectivity index (χ2n) is 2.95. The first-order valence-corrected chi connectivity index (χ1v) is 3.99. The Bertz CT molecular complexity index is 131. The minimum Gasteiger partial charge on any atom is -0.317 e. The summed E-state index contributed by atoms with van der Waals surface area (Å²) < 4.78 is 38.5. The monoisotopic (exact) mass is 183 g/mol. The Labute approximate surface area is 69.1 Å². The summed E-state index contributed by atoms with van der Waals surface area (Å²) in [5, 5.41) is 3.08. The fourth-order valence-corrected chi connectivity index (χ4v) is 1.26. The molecule has 0 aromatic carbocycles. The molecule has 0 atom stereocenters. The number of hydrogen-bond donors (Lipinski definition) is 1. The lowest BCUT2D eigenvalue weighted by Crippen LogP contribution is -2.31. The summed E-state index contributed by atoms with van der Waals surface area (Å²) in [4.78, 5) is 0. The summed E-state index contributed by atoms with van der Waals surface area (Å²) in [6.07, 6.45) is -2.92. The Morgan fingerprint density at radius 1 is 1.25 bits per heavy atom. The van der Waals surface area contributed by atoms with Gasteiger partial charge >= 0.3 is 6.36 Å². The minimum atomic E-state index is -4.47. The number of alkyl halides is 3. The van der Waals surface area contributed by atoms with E-state index in [2.05, 4.69) is 10.1 Å². The number of ether oxygens (including phenoxy) is 1. The van der Waals surface area contributed by atoms with Gasteiger partial charge in [-0.1, -0.05) is 0 Å². The topological polar surface area (TPSA) is 21.3 Å². The Morgan fingerprint density at radius 3 is 2.33 bits per heavy atom. The van der Waals surface area contributed by atoms with E-state index in [1.807, 2.05) is 0 Å². The van der Waals surface area contributed by atoms with Gasteiger partial charge in [-0.25, -0.2) is 0 Å². The summed E-state index contributed by atoms with van der Waals surface area (Å²) in [5.74, 6) is 0.0628. The Morgan fingerprint density at radius 2 is 1.83 bits per heavy atom. The van der Waals surface area contributed by atoms with Crippen LogP contribution in [0.15, 0.2) is 0 Å². The van der Waals surface area contributed by atoms with Crippen LogP contribution in [0.3, 0.4) is 0 Å². The molecule has 1 N–H and O–H groups in total. The number of hydrogen-bond acceptors (Lipinski definition) is 2. The molecule has 0 aliphatic carbocycles. The predicted octanol–water partition coefficient (Wildman–Crippen LogP) is 1.52. The van der Waals surface area contributed by atoms with Gasteiger partial charge in [-0.2, -0.15) is 0 Å². The molecular formula is C7H12F3NO. The molecule has 1 saturated heterocycles. The summed E-state index contributed by atoms with van der Waals surface area (Å²) >= 11 is 0. The molecule has 1 heterocycles. The zero-order valence-corrected chi connectivity index (χ0v) is 6.66. The Balaban J connectivity index is 2.13. The van der Waals surface area contributed by atoms with Crippen LogP contribution in [0, 0.1) is 5.92 Å². The molecule has 12 heavy (non-hydrogen) atoms. The van der Waals surface area contributed by atoms with E-state index in [1.54, 1.807) is 0 Å². The molecule has 0 unspecified atom stereocenters. The van der Waals surface area contributed by atoms with Gasteiger partial charge in [0.15, 0.2) is 0 Å². The van der Waals surface area contributed by atoms with Crippen LogP contribution in [0.4, 0.5) is 13.2 Å². The summed E-state index contributed by atoms with van der Waals surface area (Å²) in [7, 11) is 0. The predicted molar refractivity (Wildman–Crippen MR) is 37.6 cm³/mol. The summed E-state index contributed by atoms with van der Waals surface area (Å²) in [6.45, 7) is 1.41. The van der Waals surface area contributed by atoms with Crippen molar-refractivity contribution in [3.63, 3.8) is 0 Å². The van der Waals surface area contributed by atoms with Crippen molar-refractivity contribution in [2.24, 2.45) is 5.92 Å². The lowest BCUT2D eigenvalue weighted by atomic mass is 9.99. The maximum absolute atomic E-state index is 11.6. The van der Waals surface area contributed by atoms with Crippen molar-refractivity contribution in [1.29, 1.82) is 0 Å². The van der Waals surface area contributed by atoms with Crippen molar-refractivity contribution in [1.82, 2.24) is 5.32 Å². The van der Waals surface area contributed by atoms with E-state index in [0.717, 1.165) is 25.9 Å². The van der Waals surface area contributed by atoms with Crippen molar-refractivity contribution in [3.8, 4) is 0 Å². The molecule has 0 spiro atoms. The van der Waals surface area contributed by atoms with Gasteiger partial charge in [-0.05, 0) is 31.8 Å². The first-order chi connectivity index (χ1) is 5.58. The zero-order chi connectivity index (χ0) is 9.03. The maximum atomic E-state index is 11.6. The van der Waals surface area contributed by atoms with Gasteiger partial charge in [0.05, 0.1) is 6.61 Å². The van der Waals surface area contributed by atoms with Crippen LogP contribution >= 0.6 is 0 Å². The first kappa shape index (κ1) is 9.80. The molecule has 0 aromatic heterocycles. The van der Waals surface area contributed by atoms with Crippen LogP contribution in [0.1, 0.15) is 12.8 Å². The van der Waals surface area contributed by atoms with Gasteiger partial charge in [0.2, 0.25) is 0 Å². The normalized spacial score (nSPS) is 21.2. The second-order valence-corrected chi connectivity index (χ2v) is 2.95. The van der Waals surface area contributed by atoms with Gasteiger partial charge in [-0.3, -0.25) is 4.74 Å². The lowest BCUT2D eigenvalue weighted by molar-refractivity contribution is -0.328. The molecule has 0 aromatic rings. The SMILES string of the molecule is FC(F)(F)OCC1CCNCC1. The fraction of sp³-hybridized carbons (Fsp3) is 1.00. The third-order valence-electron chi connectivity index (χ3n) is 1.94. The molecule has 0 saturated carbocycles. The average Bonchev–Trinajstić information content (AvgIpc) is 2.02. The third-order valence-corrected chi connectivity index (χ3v) is 1.94. The van der Waals surface area contributed by atoms with Crippen molar-refractivity contribution in [3.05, 3.63) is 0 Å². The van der Waals surface area contributed by atoms with Crippen molar-refractivity contribution < 1.29 is 17.9 Å². The summed E-state index contributed by atoms with van der Waals surface area (Å²) in [6, 6.07) is 0. The van der Waals surface area contributed by atoms with E-state index >= 15 is 0 Å². The lowest BCUT2D eigenvalue weighted by Gasteiger charge is -2.22. The van der Waals surface area contributed by atoms with Crippen molar-refractivity contribution in [2.75, 3.05) is 19.7 Å². The number of nitrogens with one attached hydrogen (secondary N) is 1. The largest absolute Gasteiger partial charge is 0.522 e. The van der Waals surface area contributed by atoms with Crippen LogP contribution < -0.4 is 5.32 Å². The van der Waals surface area contributed by atoms with Crippen LogP contribution in [-0.4, -0.2) is 26.1 Å². The highest BCUT2D eigenvalue weighted by Gasteiger charge is 2.30. The average molecular weight is 183 g/mol. The highest BCUT2D eigenvalue weighted by Crippen LogP contribution is 2.20. The van der Waals surface area contributed by atoms with Crippen LogP contribution in [0.25, 0.3) is 0 Å². The highest BCUT2D eigenvalue weighted by atomic mass is 19.4. The van der Waals surface area contributed by atoms with E-state index in [-0.39, 0.29) is 12.5 Å². The molecule has 0 bridgehead atoms. The first-order valence-electron chi connectivity index (χ1n) is 3.99. The van der Waals surface area contributed by atoms with E-state index in [1.165, 1.54) is 0 Å². The minimum absolute atomic E-state index is 0.0628. The molecule has 1 fully saturated rings. The quantitative estimate of drug-likeness (QED) is 0.700. The zero-order valence-electron chi connectivity index (χ0n) is 6.66. The standard InChI is InChI=1S/C7H12F3NO/c8-7(9,10)12-5-6-1-3-11-4-2-6/h6,11H,1-5H2.